The molecule has 1 aromatic carbocycles. The standard InChI is InChI=1S/C11H15BrN2O/c1-15-11-3-2-8(12)6-10(11)14-9-4-5-13-7-9/h2-3,6,9,13-14H,4-5,7H2,1H3. The number of ether oxygens (including phenoxy) is 1. The lowest BCUT2D eigenvalue weighted by Crippen LogP contribution is -2.22. The lowest BCUT2D eigenvalue weighted by Gasteiger charge is -2.16. The highest BCUT2D eigenvalue weighted by atomic mass is 79.9. The van der Waals surface area contributed by atoms with Gasteiger partial charge in [0.05, 0.1) is 12.8 Å². The molecular formula is C11H15BrN2O. The summed E-state index contributed by atoms with van der Waals surface area (Å²) in [5.74, 6) is 0.894. The van der Waals surface area contributed by atoms with E-state index in [2.05, 4.69) is 32.6 Å². The third-order valence-electron chi connectivity index (χ3n) is 2.58. The quantitative estimate of drug-likeness (QED) is 0.884. The van der Waals surface area contributed by atoms with Crippen LogP contribution in [0.15, 0.2) is 22.7 Å². The van der Waals surface area contributed by atoms with E-state index < -0.39 is 0 Å². The Labute approximate surface area is 98.3 Å². The summed E-state index contributed by atoms with van der Waals surface area (Å²) in [6.45, 7) is 2.11. The van der Waals surface area contributed by atoms with Crippen molar-refractivity contribution in [3.8, 4) is 5.75 Å². The molecule has 1 fully saturated rings. The van der Waals surface area contributed by atoms with Gasteiger partial charge in [0.15, 0.2) is 0 Å². The van der Waals surface area contributed by atoms with Crippen molar-refractivity contribution >= 4 is 21.6 Å². The highest BCUT2D eigenvalue weighted by molar-refractivity contribution is 9.10. The maximum atomic E-state index is 5.31. The van der Waals surface area contributed by atoms with Crippen molar-refractivity contribution in [2.45, 2.75) is 12.5 Å². The molecule has 0 aliphatic carbocycles. The van der Waals surface area contributed by atoms with Crippen LogP contribution in [0.25, 0.3) is 0 Å². The summed E-state index contributed by atoms with van der Waals surface area (Å²) in [5, 5.41) is 6.81. The lowest BCUT2D eigenvalue weighted by molar-refractivity contribution is 0.416. The van der Waals surface area contributed by atoms with Crippen molar-refractivity contribution in [2.24, 2.45) is 0 Å². The number of anilines is 1. The Kier molecular flexibility index (Phi) is 3.49. The second-order valence-electron chi connectivity index (χ2n) is 3.68. The number of hydrogen-bond acceptors (Lipinski definition) is 3. The van der Waals surface area contributed by atoms with E-state index in [-0.39, 0.29) is 0 Å². The van der Waals surface area contributed by atoms with E-state index in [0.29, 0.717) is 6.04 Å². The molecule has 1 aliphatic heterocycles. The molecule has 2 N–H and O–H groups in total. The van der Waals surface area contributed by atoms with Crippen LogP contribution in [0.5, 0.6) is 5.75 Å². The van der Waals surface area contributed by atoms with Crippen LogP contribution < -0.4 is 15.4 Å². The van der Waals surface area contributed by atoms with Crippen molar-refractivity contribution in [1.29, 1.82) is 0 Å². The first-order valence-corrected chi connectivity index (χ1v) is 5.89. The second-order valence-corrected chi connectivity index (χ2v) is 4.59. The molecule has 0 aromatic heterocycles. The first kappa shape index (κ1) is 10.8. The van der Waals surface area contributed by atoms with Gasteiger partial charge in [-0.3, -0.25) is 0 Å². The number of benzene rings is 1. The Balaban J connectivity index is 2.14. The molecule has 4 heteroatoms. The number of rotatable bonds is 3. The molecule has 2 rings (SSSR count). The third-order valence-corrected chi connectivity index (χ3v) is 3.07. The zero-order valence-electron chi connectivity index (χ0n) is 8.72. The molecular weight excluding hydrogens is 256 g/mol. The Hall–Kier alpha value is -0.740. The van der Waals surface area contributed by atoms with Crippen LogP contribution in [0.1, 0.15) is 6.42 Å². The van der Waals surface area contributed by atoms with Crippen molar-refractivity contribution in [1.82, 2.24) is 5.32 Å². The summed E-state index contributed by atoms with van der Waals surface area (Å²) in [5.41, 5.74) is 1.06. The van der Waals surface area contributed by atoms with Crippen molar-refractivity contribution in [3.05, 3.63) is 22.7 Å². The van der Waals surface area contributed by atoms with Gasteiger partial charge in [0.1, 0.15) is 5.75 Å². The molecule has 0 saturated carbocycles. The maximum Gasteiger partial charge on any atom is 0.142 e. The number of methoxy groups -OCH3 is 1. The van der Waals surface area contributed by atoms with Crippen molar-refractivity contribution < 1.29 is 4.74 Å². The predicted octanol–water partition coefficient (Wildman–Crippen LogP) is 2.23. The van der Waals surface area contributed by atoms with E-state index in [1.165, 1.54) is 0 Å². The number of hydrogen-bond donors (Lipinski definition) is 2. The van der Waals surface area contributed by atoms with Gasteiger partial charge in [-0.15, -0.1) is 0 Å². The van der Waals surface area contributed by atoms with Gasteiger partial charge in [0, 0.05) is 17.1 Å². The summed E-state index contributed by atoms with van der Waals surface area (Å²) in [6, 6.07) is 6.51. The molecule has 0 radical (unpaired) electrons. The normalized spacial score (nSPS) is 20.3. The van der Waals surface area contributed by atoms with Crippen LogP contribution in [0.4, 0.5) is 5.69 Å². The molecule has 1 unspecified atom stereocenters. The summed E-state index contributed by atoms with van der Waals surface area (Å²) >= 11 is 3.46. The highest BCUT2D eigenvalue weighted by Gasteiger charge is 2.15. The minimum atomic E-state index is 0.508. The summed E-state index contributed by atoms with van der Waals surface area (Å²) in [7, 11) is 1.70. The highest BCUT2D eigenvalue weighted by Crippen LogP contribution is 2.28. The molecule has 0 amide bonds. The first-order valence-electron chi connectivity index (χ1n) is 5.10. The minimum absolute atomic E-state index is 0.508. The van der Waals surface area contributed by atoms with Crippen LogP contribution >= 0.6 is 15.9 Å². The molecule has 0 bridgehead atoms. The van der Waals surface area contributed by atoms with Gasteiger partial charge >= 0.3 is 0 Å². The van der Waals surface area contributed by atoms with Crippen molar-refractivity contribution in [3.63, 3.8) is 0 Å². The Morgan fingerprint density at radius 3 is 3.07 bits per heavy atom. The smallest absolute Gasteiger partial charge is 0.142 e. The summed E-state index contributed by atoms with van der Waals surface area (Å²) in [4.78, 5) is 0. The van der Waals surface area contributed by atoms with Crippen molar-refractivity contribution in [2.75, 3.05) is 25.5 Å². The van der Waals surface area contributed by atoms with Crippen LogP contribution in [0, 0.1) is 0 Å². The fourth-order valence-corrected chi connectivity index (χ4v) is 2.15. The van der Waals surface area contributed by atoms with Crippen LogP contribution in [0.3, 0.4) is 0 Å². The Bertz CT molecular complexity index is 337. The monoisotopic (exact) mass is 270 g/mol. The lowest BCUT2D eigenvalue weighted by atomic mass is 10.2. The second kappa shape index (κ2) is 4.86. The van der Waals surface area contributed by atoms with Gasteiger partial charge in [0.25, 0.3) is 0 Å². The van der Waals surface area contributed by atoms with Crippen LogP contribution in [-0.4, -0.2) is 26.2 Å². The fraction of sp³-hybridized carbons (Fsp3) is 0.455. The average molecular weight is 271 g/mol. The predicted molar refractivity (Wildman–Crippen MR) is 65.6 cm³/mol. The SMILES string of the molecule is COc1ccc(Br)cc1NC1CCNC1. The van der Waals surface area contributed by atoms with E-state index in [4.69, 9.17) is 4.74 Å². The third kappa shape index (κ3) is 2.63. The molecule has 1 saturated heterocycles. The van der Waals surface area contributed by atoms with Gasteiger partial charge in [-0.1, -0.05) is 15.9 Å². The zero-order valence-corrected chi connectivity index (χ0v) is 10.3. The Morgan fingerprint density at radius 1 is 1.53 bits per heavy atom. The molecule has 15 heavy (non-hydrogen) atoms. The largest absolute Gasteiger partial charge is 0.495 e. The summed E-state index contributed by atoms with van der Waals surface area (Å²) < 4.78 is 6.37. The number of halogens is 1. The molecule has 82 valence electrons. The molecule has 1 heterocycles. The van der Waals surface area contributed by atoms with Crippen LogP contribution in [-0.2, 0) is 0 Å². The van der Waals surface area contributed by atoms with E-state index in [9.17, 15) is 0 Å². The topological polar surface area (TPSA) is 33.3 Å². The fourth-order valence-electron chi connectivity index (χ4n) is 1.79. The molecule has 3 nitrogen and oxygen atoms in total. The van der Waals surface area contributed by atoms with Gasteiger partial charge in [-0.05, 0) is 31.2 Å². The molecule has 1 aromatic rings. The van der Waals surface area contributed by atoms with E-state index in [0.717, 1.165) is 35.4 Å². The van der Waals surface area contributed by atoms with Gasteiger partial charge in [-0.2, -0.15) is 0 Å². The summed E-state index contributed by atoms with van der Waals surface area (Å²) in [6.07, 6.45) is 1.16. The molecule has 0 spiro atoms. The Morgan fingerprint density at radius 2 is 2.40 bits per heavy atom. The maximum absolute atomic E-state index is 5.31. The van der Waals surface area contributed by atoms with E-state index in [1.807, 2.05) is 12.1 Å². The van der Waals surface area contributed by atoms with E-state index in [1.54, 1.807) is 7.11 Å². The zero-order chi connectivity index (χ0) is 10.7. The molecule has 1 aliphatic rings. The number of nitrogens with one attached hydrogen (secondary N) is 2. The average Bonchev–Trinajstić information content (AvgIpc) is 2.71. The van der Waals surface area contributed by atoms with Gasteiger partial charge in [0.2, 0.25) is 0 Å². The minimum Gasteiger partial charge on any atom is -0.495 e. The molecule has 1 atom stereocenters. The van der Waals surface area contributed by atoms with Gasteiger partial charge < -0.3 is 15.4 Å². The van der Waals surface area contributed by atoms with Crippen LogP contribution in [0.2, 0.25) is 0 Å². The van der Waals surface area contributed by atoms with E-state index >= 15 is 0 Å². The van der Waals surface area contributed by atoms with Gasteiger partial charge in [-0.25, -0.2) is 0 Å². The first-order chi connectivity index (χ1) is 7.29.